The van der Waals surface area contributed by atoms with Crippen molar-refractivity contribution < 1.29 is 9.84 Å². The molecule has 0 saturated carbocycles. The van der Waals surface area contributed by atoms with E-state index < -0.39 is 0 Å². The van der Waals surface area contributed by atoms with E-state index >= 15 is 0 Å². The lowest BCUT2D eigenvalue weighted by atomic mass is 9.98. The molecule has 0 bridgehead atoms. The van der Waals surface area contributed by atoms with Gasteiger partial charge in [0.1, 0.15) is 5.75 Å². The molecule has 2 aromatic carbocycles. The van der Waals surface area contributed by atoms with Crippen LogP contribution in [0.3, 0.4) is 0 Å². The fourth-order valence-corrected chi connectivity index (χ4v) is 2.11. The fourth-order valence-electron chi connectivity index (χ4n) is 2.11. The Kier molecular flexibility index (Phi) is 1.89. The van der Waals surface area contributed by atoms with Crippen molar-refractivity contribution >= 4 is 10.8 Å². The Bertz CT molecular complexity index is 505. The van der Waals surface area contributed by atoms with Crippen molar-refractivity contribution in [3.8, 4) is 5.75 Å². The van der Waals surface area contributed by atoms with Crippen molar-refractivity contribution in [1.82, 2.24) is 0 Å². The number of hydrogen-bond donors (Lipinski definition) is 1. The van der Waals surface area contributed by atoms with Crippen LogP contribution in [0.5, 0.6) is 5.75 Å². The van der Waals surface area contributed by atoms with Gasteiger partial charge in [-0.05, 0) is 5.39 Å². The van der Waals surface area contributed by atoms with E-state index in [1.807, 2.05) is 30.3 Å². The third-order valence-electron chi connectivity index (χ3n) is 2.91. The summed E-state index contributed by atoms with van der Waals surface area (Å²) >= 11 is 0. The lowest BCUT2D eigenvalue weighted by Crippen LogP contribution is -2.13. The molecule has 0 aliphatic carbocycles. The molecular weight excluding hydrogens is 188 g/mol. The van der Waals surface area contributed by atoms with Gasteiger partial charge >= 0.3 is 0 Å². The van der Waals surface area contributed by atoms with Crippen LogP contribution in [0.1, 0.15) is 18.1 Å². The van der Waals surface area contributed by atoms with E-state index in [1.165, 1.54) is 0 Å². The zero-order chi connectivity index (χ0) is 10.3. The first-order chi connectivity index (χ1) is 7.36. The average molecular weight is 200 g/mol. The van der Waals surface area contributed by atoms with Gasteiger partial charge in [-0.3, -0.25) is 0 Å². The maximum Gasteiger partial charge on any atom is 0.132 e. The number of hydrogen-bond acceptors (Lipinski definition) is 2. The summed E-state index contributed by atoms with van der Waals surface area (Å²) in [5.74, 6) is 0.854. The van der Waals surface area contributed by atoms with E-state index in [1.54, 1.807) is 0 Å². The number of rotatable bonds is 0. The maximum atomic E-state index is 9.84. The molecule has 1 N–H and O–H groups in total. The molecular formula is C13H12O2. The highest BCUT2D eigenvalue weighted by molar-refractivity contribution is 5.89. The lowest BCUT2D eigenvalue weighted by Gasteiger charge is -2.23. The first-order valence-corrected chi connectivity index (χ1v) is 5.19. The van der Waals surface area contributed by atoms with E-state index in [0.29, 0.717) is 13.0 Å². The molecule has 2 nitrogen and oxygen atoms in total. The predicted octanol–water partition coefficient (Wildman–Crippen LogP) is 2.66. The molecule has 0 unspecified atom stereocenters. The largest absolute Gasteiger partial charge is 0.492 e. The van der Waals surface area contributed by atoms with Crippen molar-refractivity contribution in [3.63, 3.8) is 0 Å². The molecule has 1 heterocycles. The van der Waals surface area contributed by atoms with Crippen molar-refractivity contribution in [3.05, 3.63) is 42.0 Å². The second-order valence-corrected chi connectivity index (χ2v) is 3.86. The van der Waals surface area contributed by atoms with Gasteiger partial charge in [0.2, 0.25) is 0 Å². The summed E-state index contributed by atoms with van der Waals surface area (Å²) in [6, 6.07) is 12.1. The zero-order valence-electron chi connectivity index (χ0n) is 8.31. The van der Waals surface area contributed by atoms with E-state index in [9.17, 15) is 5.11 Å². The molecule has 2 aromatic rings. The summed E-state index contributed by atoms with van der Waals surface area (Å²) in [6.07, 6.45) is 0.309. The van der Waals surface area contributed by atoms with Gasteiger partial charge < -0.3 is 9.84 Å². The van der Waals surface area contributed by atoms with Gasteiger partial charge in [0.25, 0.3) is 0 Å². The van der Waals surface area contributed by atoms with Gasteiger partial charge in [-0.2, -0.15) is 0 Å². The van der Waals surface area contributed by atoms with Crippen molar-refractivity contribution in [2.75, 3.05) is 6.61 Å². The third-order valence-corrected chi connectivity index (χ3v) is 2.91. The highest BCUT2D eigenvalue weighted by Crippen LogP contribution is 2.37. The number of ether oxygens (including phenoxy) is 1. The second-order valence-electron chi connectivity index (χ2n) is 3.86. The molecule has 0 aromatic heterocycles. The summed E-state index contributed by atoms with van der Waals surface area (Å²) in [5, 5.41) is 12.1. The highest BCUT2D eigenvalue weighted by atomic mass is 16.5. The van der Waals surface area contributed by atoms with Crippen LogP contribution in [-0.2, 0) is 0 Å². The van der Waals surface area contributed by atoms with Crippen LogP contribution in [-0.4, -0.2) is 11.7 Å². The molecule has 0 amide bonds. The lowest BCUT2D eigenvalue weighted by molar-refractivity contribution is 0.116. The van der Waals surface area contributed by atoms with Crippen LogP contribution in [0.15, 0.2) is 36.4 Å². The van der Waals surface area contributed by atoms with Gasteiger partial charge in [0, 0.05) is 17.4 Å². The van der Waals surface area contributed by atoms with Crippen molar-refractivity contribution in [2.45, 2.75) is 12.5 Å². The van der Waals surface area contributed by atoms with E-state index in [0.717, 1.165) is 22.1 Å². The van der Waals surface area contributed by atoms with Crippen LogP contribution in [0.2, 0.25) is 0 Å². The summed E-state index contributed by atoms with van der Waals surface area (Å²) in [4.78, 5) is 0. The number of aliphatic hydroxyl groups is 1. The summed E-state index contributed by atoms with van der Waals surface area (Å²) < 4.78 is 5.65. The van der Waals surface area contributed by atoms with Gasteiger partial charge in [0.15, 0.2) is 0 Å². The van der Waals surface area contributed by atoms with Gasteiger partial charge in [0.05, 0.1) is 12.7 Å². The molecule has 1 aliphatic rings. The highest BCUT2D eigenvalue weighted by Gasteiger charge is 2.20. The second kappa shape index (κ2) is 3.24. The van der Waals surface area contributed by atoms with Crippen LogP contribution >= 0.6 is 0 Å². The minimum atomic E-state index is -0.377. The predicted molar refractivity (Wildman–Crippen MR) is 59.0 cm³/mol. The van der Waals surface area contributed by atoms with E-state index in [4.69, 9.17) is 4.74 Å². The van der Waals surface area contributed by atoms with E-state index in [2.05, 4.69) is 6.07 Å². The fraction of sp³-hybridized carbons (Fsp3) is 0.231. The van der Waals surface area contributed by atoms with Crippen molar-refractivity contribution in [2.24, 2.45) is 0 Å². The normalized spacial score (nSPS) is 19.7. The third kappa shape index (κ3) is 1.29. The minimum Gasteiger partial charge on any atom is -0.492 e. The first-order valence-electron chi connectivity index (χ1n) is 5.19. The minimum absolute atomic E-state index is 0.377. The molecule has 0 radical (unpaired) electrons. The molecule has 1 atom stereocenters. The van der Waals surface area contributed by atoms with Crippen LogP contribution in [0, 0.1) is 0 Å². The Labute approximate surface area is 88.1 Å². The summed E-state index contributed by atoms with van der Waals surface area (Å²) in [6.45, 7) is 0.599. The Morgan fingerprint density at radius 2 is 2.00 bits per heavy atom. The number of fused-ring (bicyclic) bond motifs is 3. The zero-order valence-corrected chi connectivity index (χ0v) is 8.31. The molecule has 76 valence electrons. The molecule has 15 heavy (non-hydrogen) atoms. The standard InChI is InChI=1S/C13H12O2/c14-12-7-8-15-13-10-4-2-1-3-9(10)5-6-11(12)13/h1-6,12,14H,7-8H2/t12-/m0/s1. The molecule has 3 rings (SSSR count). The van der Waals surface area contributed by atoms with E-state index in [-0.39, 0.29) is 6.10 Å². The number of aliphatic hydroxyl groups excluding tert-OH is 1. The van der Waals surface area contributed by atoms with Crippen molar-refractivity contribution in [1.29, 1.82) is 0 Å². The maximum absolute atomic E-state index is 9.84. The Hall–Kier alpha value is -1.54. The van der Waals surface area contributed by atoms with Crippen LogP contribution in [0.25, 0.3) is 10.8 Å². The monoisotopic (exact) mass is 200 g/mol. The van der Waals surface area contributed by atoms with Gasteiger partial charge in [-0.1, -0.05) is 36.4 Å². The average Bonchev–Trinajstić information content (AvgIpc) is 2.29. The molecule has 1 aliphatic heterocycles. The number of benzene rings is 2. The quantitative estimate of drug-likeness (QED) is 0.708. The first kappa shape index (κ1) is 8.74. The molecule has 0 saturated heterocycles. The Balaban J connectivity index is 2.33. The summed E-state index contributed by atoms with van der Waals surface area (Å²) in [7, 11) is 0. The van der Waals surface area contributed by atoms with Gasteiger partial charge in [-0.15, -0.1) is 0 Å². The van der Waals surface area contributed by atoms with Gasteiger partial charge in [-0.25, -0.2) is 0 Å². The summed E-state index contributed by atoms with van der Waals surface area (Å²) in [5.41, 5.74) is 0.917. The molecule has 2 heteroatoms. The van der Waals surface area contributed by atoms with Crippen LogP contribution in [0.4, 0.5) is 0 Å². The smallest absolute Gasteiger partial charge is 0.132 e. The van der Waals surface area contributed by atoms with Crippen LogP contribution < -0.4 is 4.74 Å². The molecule has 0 fully saturated rings. The SMILES string of the molecule is O[C@H]1CCOc2c1ccc1ccccc21. The Morgan fingerprint density at radius 3 is 2.93 bits per heavy atom. The topological polar surface area (TPSA) is 29.5 Å². The molecule has 0 spiro atoms. The Morgan fingerprint density at radius 1 is 1.13 bits per heavy atom.